The summed E-state index contributed by atoms with van der Waals surface area (Å²) in [5.41, 5.74) is 1.99. The molecule has 3 aromatic carbocycles. The highest BCUT2D eigenvalue weighted by Crippen LogP contribution is 2.54. The van der Waals surface area contributed by atoms with E-state index < -0.39 is 34.9 Å². The zero-order chi connectivity index (χ0) is 31.1. The van der Waals surface area contributed by atoms with Crippen molar-refractivity contribution in [2.24, 2.45) is 5.92 Å². The molecule has 224 valence electrons. The van der Waals surface area contributed by atoms with Crippen LogP contribution in [0.5, 0.6) is 0 Å². The number of esters is 1. The van der Waals surface area contributed by atoms with Crippen LogP contribution in [0.2, 0.25) is 5.02 Å². The van der Waals surface area contributed by atoms with Gasteiger partial charge in [0.15, 0.2) is 0 Å². The normalized spacial score (nSPS) is 19.0. The zero-order valence-corrected chi connectivity index (χ0v) is 27.0. The van der Waals surface area contributed by atoms with Crippen molar-refractivity contribution in [2.45, 2.75) is 29.7 Å². The highest BCUT2D eigenvalue weighted by Gasteiger charge is 2.56. The third kappa shape index (κ3) is 5.63. The van der Waals surface area contributed by atoms with E-state index in [1.165, 1.54) is 9.47 Å². The molecular formula is C31H23BrClN3O6S2. The van der Waals surface area contributed by atoms with Crippen molar-refractivity contribution in [1.29, 1.82) is 0 Å². The SMILES string of the molecule is CCOC(=O)c1ccc(NC(=O)Cn2c3c(sc2=O)C(c2ccc(Br)cc2)C2C(=O)N(c4ccc(Cl)cc4)C(=O)C2S3)cc1. The highest BCUT2D eigenvalue weighted by atomic mass is 79.9. The number of amides is 3. The van der Waals surface area contributed by atoms with Crippen molar-refractivity contribution in [2.75, 3.05) is 16.8 Å². The van der Waals surface area contributed by atoms with E-state index in [1.54, 1.807) is 55.5 Å². The molecule has 3 amide bonds. The first-order valence-corrected chi connectivity index (χ1v) is 16.4. The van der Waals surface area contributed by atoms with Crippen molar-refractivity contribution in [3.05, 3.63) is 108 Å². The van der Waals surface area contributed by atoms with Gasteiger partial charge in [-0.15, -0.1) is 0 Å². The first kappa shape index (κ1) is 30.3. The molecule has 6 rings (SSSR count). The molecule has 2 aliphatic heterocycles. The van der Waals surface area contributed by atoms with Crippen LogP contribution in [0.4, 0.5) is 11.4 Å². The molecule has 1 fully saturated rings. The standard InChI is InChI=1S/C31H23BrClN3O6S2/c1-2-42-30(40)17-5-11-20(12-6-17)34-22(37)15-35-29-26(44-31(35)41)23(16-3-7-18(32)8-4-16)24-25(43-29)28(39)36(27(24)38)21-13-9-19(33)10-14-21/h3-14,23-25H,2,15H2,1H3,(H,34,37). The van der Waals surface area contributed by atoms with E-state index in [0.717, 1.165) is 33.1 Å². The summed E-state index contributed by atoms with van der Waals surface area (Å²) < 4.78 is 7.19. The average Bonchev–Trinajstić information content (AvgIpc) is 3.45. The number of imide groups is 1. The predicted molar refractivity (Wildman–Crippen MR) is 173 cm³/mol. The number of carbonyl (C=O) groups excluding carboxylic acids is 4. The number of hydrogen-bond donors (Lipinski definition) is 1. The second-order valence-corrected chi connectivity index (χ2v) is 13.5. The Hall–Kier alpha value is -3.71. The van der Waals surface area contributed by atoms with Gasteiger partial charge in [-0.2, -0.15) is 0 Å². The summed E-state index contributed by atoms with van der Waals surface area (Å²) in [5, 5.41) is 2.91. The number of fused-ring (bicyclic) bond motifs is 2. The van der Waals surface area contributed by atoms with Crippen LogP contribution in [-0.2, 0) is 25.7 Å². The van der Waals surface area contributed by atoms with E-state index >= 15 is 0 Å². The number of hydrogen-bond acceptors (Lipinski definition) is 8. The minimum absolute atomic E-state index is 0.248. The molecule has 0 saturated carbocycles. The third-order valence-corrected chi connectivity index (χ3v) is 10.7. The van der Waals surface area contributed by atoms with Crippen molar-refractivity contribution in [3.63, 3.8) is 0 Å². The Morgan fingerprint density at radius 3 is 2.30 bits per heavy atom. The maximum Gasteiger partial charge on any atom is 0.338 e. The van der Waals surface area contributed by atoms with Crippen LogP contribution in [0, 0.1) is 5.92 Å². The number of halogens is 2. The van der Waals surface area contributed by atoms with E-state index in [0.29, 0.717) is 31.9 Å². The van der Waals surface area contributed by atoms with Crippen LogP contribution in [0.15, 0.2) is 87.1 Å². The predicted octanol–water partition coefficient (Wildman–Crippen LogP) is 5.94. The molecule has 1 N–H and O–H groups in total. The smallest absolute Gasteiger partial charge is 0.338 e. The molecule has 4 aromatic rings. The summed E-state index contributed by atoms with van der Waals surface area (Å²) in [7, 11) is 0. The molecule has 0 radical (unpaired) electrons. The van der Waals surface area contributed by atoms with Gasteiger partial charge in [-0.25, -0.2) is 9.69 Å². The number of nitrogens with one attached hydrogen (secondary N) is 1. The first-order valence-electron chi connectivity index (χ1n) is 13.5. The highest BCUT2D eigenvalue weighted by molar-refractivity contribution is 9.10. The van der Waals surface area contributed by atoms with Gasteiger partial charge in [0, 0.05) is 26.0 Å². The second kappa shape index (κ2) is 12.4. The number of thioether (sulfide) groups is 1. The van der Waals surface area contributed by atoms with Crippen LogP contribution in [0.1, 0.15) is 33.6 Å². The molecular weight excluding hydrogens is 690 g/mol. The third-order valence-electron chi connectivity index (χ3n) is 7.34. The Labute approximate surface area is 273 Å². The van der Waals surface area contributed by atoms with Gasteiger partial charge in [0.05, 0.1) is 28.8 Å². The van der Waals surface area contributed by atoms with Gasteiger partial charge < -0.3 is 10.1 Å². The maximum atomic E-state index is 13.9. The summed E-state index contributed by atoms with van der Waals surface area (Å²) in [5.74, 6) is -3.00. The Kier molecular flexibility index (Phi) is 8.51. The fourth-order valence-electron chi connectivity index (χ4n) is 5.38. The Balaban J connectivity index is 1.33. The fraction of sp³-hybridized carbons (Fsp3) is 0.194. The molecule has 3 atom stereocenters. The largest absolute Gasteiger partial charge is 0.462 e. The van der Waals surface area contributed by atoms with Gasteiger partial charge in [-0.3, -0.25) is 23.7 Å². The lowest BCUT2D eigenvalue weighted by molar-refractivity contribution is -0.122. The molecule has 13 heteroatoms. The molecule has 0 bridgehead atoms. The zero-order valence-electron chi connectivity index (χ0n) is 23.0. The summed E-state index contributed by atoms with van der Waals surface area (Å²) in [6.45, 7) is 1.66. The van der Waals surface area contributed by atoms with E-state index in [-0.39, 0.29) is 23.9 Å². The van der Waals surface area contributed by atoms with Gasteiger partial charge in [-0.1, -0.05) is 62.8 Å². The molecule has 3 unspecified atom stereocenters. The van der Waals surface area contributed by atoms with Crippen molar-refractivity contribution < 1.29 is 23.9 Å². The van der Waals surface area contributed by atoms with Crippen LogP contribution < -0.4 is 15.1 Å². The molecule has 1 saturated heterocycles. The number of nitrogens with zero attached hydrogens (tertiary/aromatic N) is 2. The van der Waals surface area contributed by atoms with Crippen molar-refractivity contribution in [1.82, 2.24) is 4.57 Å². The Morgan fingerprint density at radius 1 is 0.955 bits per heavy atom. The monoisotopic (exact) mass is 711 g/mol. The molecule has 1 aromatic heterocycles. The number of carbonyl (C=O) groups is 4. The summed E-state index contributed by atoms with van der Waals surface area (Å²) in [6, 6.07) is 20.2. The van der Waals surface area contributed by atoms with Gasteiger partial charge >= 0.3 is 10.8 Å². The van der Waals surface area contributed by atoms with Crippen molar-refractivity contribution >= 4 is 85.7 Å². The molecule has 2 aliphatic rings. The molecule has 0 aliphatic carbocycles. The van der Waals surface area contributed by atoms with Gasteiger partial charge in [0.25, 0.3) is 0 Å². The molecule has 44 heavy (non-hydrogen) atoms. The number of ether oxygens (including phenoxy) is 1. The Bertz CT molecular complexity index is 1840. The second-order valence-electron chi connectivity index (χ2n) is 10.1. The number of aromatic nitrogens is 1. The van der Waals surface area contributed by atoms with E-state index in [2.05, 4.69) is 21.2 Å². The average molecular weight is 713 g/mol. The van der Waals surface area contributed by atoms with E-state index in [4.69, 9.17) is 16.3 Å². The van der Waals surface area contributed by atoms with Crippen LogP contribution in [-0.4, -0.2) is 40.1 Å². The maximum absolute atomic E-state index is 13.9. The molecule has 9 nitrogen and oxygen atoms in total. The van der Waals surface area contributed by atoms with Gasteiger partial charge in [-0.05, 0) is 73.2 Å². The minimum Gasteiger partial charge on any atom is -0.462 e. The topological polar surface area (TPSA) is 115 Å². The van der Waals surface area contributed by atoms with Crippen molar-refractivity contribution in [3.8, 4) is 0 Å². The minimum atomic E-state index is -0.807. The number of thiazole rings is 1. The van der Waals surface area contributed by atoms with Gasteiger partial charge in [0.2, 0.25) is 17.7 Å². The van der Waals surface area contributed by atoms with E-state index in [9.17, 15) is 24.0 Å². The lowest BCUT2D eigenvalue weighted by Gasteiger charge is -2.30. The number of anilines is 2. The Morgan fingerprint density at radius 2 is 1.64 bits per heavy atom. The molecule has 0 spiro atoms. The summed E-state index contributed by atoms with van der Waals surface area (Å²) >= 11 is 11.6. The summed E-state index contributed by atoms with van der Waals surface area (Å²) in [6.07, 6.45) is 0. The lowest BCUT2D eigenvalue weighted by atomic mass is 9.83. The summed E-state index contributed by atoms with van der Waals surface area (Å²) in [4.78, 5) is 67.6. The van der Waals surface area contributed by atoms with Crippen LogP contribution in [0.3, 0.4) is 0 Å². The molecule has 3 heterocycles. The number of rotatable bonds is 7. The number of benzene rings is 3. The van der Waals surface area contributed by atoms with Crippen LogP contribution >= 0.6 is 50.6 Å². The lowest BCUT2D eigenvalue weighted by Crippen LogP contribution is -2.33. The fourth-order valence-corrected chi connectivity index (χ4v) is 8.54. The van der Waals surface area contributed by atoms with Gasteiger partial charge in [0.1, 0.15) is 11.8 Å². The quantitative estimate of drug-likeness (QED) is 0.187. The van der Waals surface area contributed by atoms with Crippen LogP contribution in [0.25, 0.3) is 0 Å². The van der Waals surface area contributed by atoms with E-state index in [1.807, 2.05) is 24.3 Å². The first-order chi connectivity index (χ1) is 21.2.